The van der Waals surface area contributed by atoms with E-state index in [1.165, 1.54) is 5.56 Å². The van der Waals surface area contributed by atoms with Crippen LogP contribution in [0.5, 0.6) is 5.75 Å². The van der Waals surface area contributed by atoms with Crippen molar-refractivity contribution in [3.8, 4) is 5.75 Å². The third kappa shape index (κ3) is 3.29. The molecule has 0 bridgehead atoms. The topological polar surface area (TPSA) is 42.4 Å². The lowest BCUT2D eigenvalue weighted by Crippen LogP contribution is -2.09. The van der Waals surface area contributed by atoms with Gasteiger partial charge in [-0.05, 0) is 24.6 Å². The summed E-state index contributed by atoms with van der Waals surface area (Å²) >= 11 is 0. The van der Waals surface area contributed by atoms with Gasteiger partial charge in [0.15, 0.2) is 0 Å². The molecular weight excluding hydrogens is 214 g/mol. The van der Waals surface area contributed by atoms with E-state index in [9.17, 15) is 5.11 Å². The minimum atomic E-state index is -0.615. The van der Waals surface area contributed by atoms with Gasteiger partial charge in [0.05, 0.1) is 6.20 Å². The molecule has 1 atom stereocenters. The Morgan fingerprint density at radius 3 is 2.65 bits per heavy atom. The molecule has 17 heavy (non-hydrogen) atoms. The minimum Gasteiger partial charge on any atom is -0.489 e. The minimum absolute atomic E-state index is 0.231. The van der Waals surface area contributed by atoms with Crippen LogP contribution in [-0.2, 0) is 0 Å². The Bertz CT molecular complexity index is 453. The number of aliphatic hydroxyl groups is 1. The molecule has 0 aliphatic rings. The molecule has 1 heterocycles. The van der Waals surface area contributed by atoms with Gasteiger partial charge in [0.1, 0.15) is 18.5 Å². The Morgan fingerprint density at radius 2 is 2.00 bits per heavy atom. The monoisotopic (exact) mass is 229 g/mol. The van der Waals surface area contributed by atoms with E-state index in [2.05, 4.69) is 4.98 Å². The Labute approximate surface area is 101 Å². The number of aryl methyl sites for hydroxylation is 1. The van der Waals surface area contributed by atoms with Crippen LogP contribution in [0.4, 0.5) is 0 Å². The van der Waals surface area contributed by atoms with Crippen molar-refractivity contribution >= 4 is 0 Å². The Balaban J connectivity index is 1.93. The number of nitrogens with zero attached hydrogens (tertiary/aromatic N) is 1. The zero-order valence-electron chi connectivity index (χ0n) is 9.71. The lowest BCUT2D eigenvalue weighted by atomic mass is 10.1. The summed E-state index contributed by atoms with van der Waals surface area (Å²) in [6.07, 6.45) is 2.70. The van der Waals surface area contributed by atoms with E-state index in [0.717, 1.165) is 5.56 Å². The highest BCUT2D eigenvalue weighted by molar-refractivity contribution is 5.23. The van der Waals surface area contributed by atoms with E-state index in [-0.39, 0.29) is 6.61 Å². The molecule has 1 unspecified atom stereocenters. The Hall–Kier alpha value is -1.87. The molecular formula is C14H15NO2. The second kappa shape index (κ2) is 5.46. The molecule has 0 fully saturated rings. The van der Waals surface area contributed by atoms with Gasteiger partial charge in [-0.2, -0.15) is 0 Å². The standard InChI is InChI=1S/C14H15NO2/c1-11-4-6-12(7-5-11)14(16)10-17-13-3-2-8-15-9-13/h2-9,14,16H,10H2,1H3. The van der Waals surface area contributed by atoms with Crippen LogP contribution >= 0.6 is 0 Å². The zero-order chi connectivity index (χ0) is 12.1. The van der Waals surface area contributed by atoms with Crippen molar-refractivity contribution in [1.29, 1.82) is 0 Å². The molecule has 1 N–H and O–H groups in total. The van der Waals surface area contributed by atoms with Gasteiger partial charge in [-0.1, -0.05) is 29.8 Å². The molecule has 1 aromatic carbocycles. The summed E-state index contributed by atoms with van der Waals surface area (Å²) in [4.78, 5) is 3.94. The van der Waals surface area contributed by atoms with Gasteiger partial charge in [0, 0.05) is 6.20 Å². The number of pyridine rings is 1. The molecule has 1 aromatic heterocycles. The van der Waals surface area contributed by atoms with E-state index < -0.39 is 6.10 Å². The molecule has 88 valence electrons. The summed E-state index contributed by atoms with van der Waals surface area (Å²) in [6, 6.07) is 11.4. The highest BCUT2D eigenvalue weighted by atomic mass is 16.5. The molecule has 0 aliphatic carbocycles. The summed E-state index contributed by atoms with van der Waals surface area (Å²) in [7, 11) is 0. The summed E-state index contributed by atoms with van der Waals surface area (Å²) < 4.78 is 5.44. The van der Waals surface area contributed by atoms with Crippen molar-refractivity contribution in [2.24, 2.45) is 0 Å². The van der Waals surface area contributed by atoms with Crippen LogP contribution in [0.2, 0.25) is 0 Å². The van der Waals surface area contributed by atoms with Crippen LogP contribution < -0.4 is 4.74 Å². The first kappa shape index (κ1) is 11.6. The molecule has 0 saturated carbocycles. The van der Waals surface area contributed by atoms with Gasteiger partial charge in [-0.25, -0.2) is 0 Å². The number of benzene rings is 1. The number of aromatic nitrogens is 1. The van der Waals surface area contributed by atoms with Gasteiger partial charge in [-0.15, -0.1) is 0 Å². The van der Waals surface area contributed by atoms with Gasteiger partial charge in [0.25, 0.3) is 0 Å². The maximum atomic E-state index is 9.93. The number of ether oxygens (including phenoxy) is 1. The van der Waals surface area contributed by atoms with Gasteiger partial charge in [0.2, 0.25) is 0 Å². The van der Waals surface area contributed by atoms with Crippen LogP contribution in [0.3, 0.4) is 0 Å². The van der Waals surface area contributed by atoms with Crippen molar-refractivity contribution < 1.29 is 9.84 Å². The average Bonchev–Trinajstić information content (AvgIpc) is 2.38. The van der Waals surface area contributed by atoms with Gasteiger partial charge < -0.3 is 9.84 Å². The van der Waals surface area contributed by atoms with Crippen molar-refractivity contribution in [1.82, 2.24) is 4.98 Å². The summed E-state index contributed by atoms with van der Waals surface area (Å²) in [6.45, 7) is 2.25. The third-order valence-corrected chi connectivity index (χ3v) is 2.50. The van der Waals surface area contributed by atoms with Crippen LogP contribution in [0.25, 0.3) is 0 Å². The molecule has 2 aromatic rings. The molecule has 0 radical (unpaired) electrons. The number of aliphatic hydroxyl groups excluding tert-OH is 1. The molecule has 2 rings (SSSR count). The van der Waals surface area contributed by atoms with Gasteiger partial charge >= 0.3 is 0 Å². The van der Waals surface area contributed by atoms with E-state index in [1.807, 2.05) is 37.3 Å². The fraction of sp³-hybridized carbons (Fsp3) is 0.214. The first-order valence-electron chi connectivity index (χ1n) is 5.53. The normalized spacial score (nSPS) is 12.1. The molecule has 0 aliphatic heterocycles. The second-order valence-electron chi connectivity index (χ2n) is 3.93. The van der Waals surface area contributed by atoms with Crippen molar-refractivity contribution in [2.75, 3.05) is 6.61 Å². The highest BCUT2D eigenvalue weighted by Crippen LogP contribution is 2.15. The quantitative estimate of drug-likeness (QED) is 0.875. The number of rotatable bonds is 4. The Morgan fingerprint density at radius 1 is 1.24 bits per heavy atom. The smallest absolute Gasteiger partial charge is 0.137 e. The van der Waals surface area contributed by atoms with Crippen molar-refractivity contribution in [2.45, 2.75) is 13.0 Å². The highest BCUT2D eigenvalue weighted by Gasteiger charge is 2.07. The van der Waals surface area contributed by atoms with Gasteiger partial charge in [-0.3, -0.25) is 4.98 Å². The summed E-state index contributed by atoms with van der Waals surface area (Å²) in [5.74, 6) is 0.665. The maximum Gasteiger partial charge on any atom is 0.137 e. The van der Waals surface area contributed by atoms with E-state index in [4.69, 9.17) is 4.74 Å². The van der Waals surface area contributed by atoms with E-state index in [0.29, 0.717) is 5.75 Å². The fourth-order valence-electron chi connectivity index (χ4n) is 1.49. The Kier molecular flexibility index (Phi) is 3.73. The molecule has 0 amide bonds. The number of hydrogen-bond donors (Lipinski definition) is 1. The predicted octanol–water partition coefficient (Wildman–Crippen LogP) is 2.50. The van der Waals surface area contributed by atoms with Crippen LogP contribution in [0.15, 0.2) is 48.8 Å². The lowest BCUT2D eigenvalue weighted by Gasteiger charge is -2.12. The first-order chi connectivity index (χ1) is 8.25. The zero-order valence-corrected chi connectivity index (χ0v) is 9.71. The molecule has 0 saturated heterocycles. The second-order valence-corrected chi connectivity index (χ2v) is 3.93. The lowest BCUT2D eigenvalue weighted by molar-refractivity contribution is 0.108. The van der Waals surface area contributed by atoms with Crippen LogP contribution in [0.1, 0.15) is 17.2 Å². The molecule has 0 spiro atoms. The van der Waals surface area contributed by atoms with E-state index in [1.54, 1.807) is 18.5 Å². The van der Waals surface area contributed by atoms with Crippen molar-refractivity contribution in [3.05, 3.63) is 59.9 Å². The summed E-state index contributed by atoms with van der Waals surface area (Å²) in [5.41, 5.74) is 2.04. The maximum absolute atomic E-state index is 9.93. The SMILES string of the molecule is Cc1ccc(C(O)COc2cccnc2)cc1. The molecule has 3 heteroatoms. The van der Waals surface area contributed by atoms with E-state index >= 15 is 0 Å². The van der Waals surface area contributed by atoms with Crippen LogP contribution in [-0.4, -0.2) is 16.7 Å². The first-order valence-corrected chi connectivity index (χ1v) is 5.53. The number of hydrogen-bond acceptors (Lipinski definition) is 3. The molecule has 3 nitrogen and oxygen atoms in total. The third-order valence-electron chi connectivity index (χ3n) is 2.50. The fourth-order valence-corrected chi connectivity index (χ4v) is 1.49. The van der Waals surface area contributed by atoms with Crippen molar-refractivity contribution in [3.63, 3.8) is 0 Å². The average molecular weight is 229 g/mol. The largest absolute Gasteiger partial charge is 0.489 e. The predicted molar refractivity (Wildman–Crippen MR) is 65.9 cm³/mol. The summed E-state index contributed by atoms with van der Waals surface area (Å²) in [5, 5.41) is 9.93. The van der Waals surface area contributed by atoms with Crippen LogP contribution in [0, 0.1) is 6.92 Å².